The first kappa shape index (κ1) is 21.1. The molecule has 7 nitrogen and oxygen atoms in total. The molecule has 9 heteroatoms. The molecule has 2 aromatic carbocycles. The zero-order chi connectivity index (χ0) is 21.8. The molecule has 0 N–H and O–H groups in total. The number of esters is 1. The summed E-state index contributed by atoms with van der Waals surface area (Å²) in [5.41, 5.74) is 1.53. The quantitative estimate of drug-likeness (QED) is 0.434. The number of nitrogens with zero attached hydrogens (tertiary/aromatic N) is 2. The van der Waals surface area contributed by atoms with E-state index >= 15 is 0 Å². The van der Waals surface area contributed by atoms with Gasteiger partial charge in [-0.05, 0) is 56.3 Å². The molecular formula is C21H18F2N2O5. The minimum atomic E-state index is -2.96. The molecule has 0 radical (unpaired) electrons. The van der Waals surface area contributed by atoms with Crippen molar-refractivity contribution in [2.45, 2.75) is 27.0 Å². The number of alkyl halides is 2. The summed E-state index contributed by atoms with van der Waals surface area (Å²) >= 11 is 0. The van der Waals surface area contributed by atoms with Crippen LogP contribution in [0, 0.1) is 6.92 Å². The van der Waals surface area contributed by atoms with E-state index in [1.807, 2.05) is 6.92 Å². The lowest BCUT2D eigenvalue weighted by molar-refractivity contribution is -0.0498. The summed E-state index contributed by atoms with van der Waals surface area (Å²) in [5.74, 6) is -1.30. The van der Waals surface area contributed by atoms with Crippen molar-refractivity contribution in [2.75, 3.05) is 6.61 Å². The lowest BCUT2D eigenvalue weighted by atomic mass is 10.1. The summed E-state index contributed by atoms with van der Waals surface area (Å²) in [6, 6.07) is 9.66. The largest absolute Gasteiger partial charge is 0.454 e. The third-order valence-electron chi connectivity index (χ3n) is 4.40. The second kappa shape index (κ2) is 8.81. The molecule has 0 unspecified atom stereocenters. The molecule has 0 saturated carbocycles. The number of ether oxygens (including phenoxy) is 2. The number of ketones is 1. The Balaban J connectivity index is 1.71. The molecule has 0 amide bonds. The van der Waals surface area contributed by atoms with Crippen molar-refractivity contribution in [1.29, 1.82) is 0 Å². The van der Waals surface area contributed by atoms with E-state index in [9.17, 15) is 23.2 Å². The van der Waals surface area contributed by atoms with Crippen LogP contribution in [0.4, 0.5) is 8.78 Å². The summed E-state index contributed by atoms with van der Waals surface area (Å²) in [4.78, 5) is 40.9. The highest BCUT2D eigenvalue weighted by atomic mass is 19.3. The number of aromatic nitrogens is 2. The minimum Gasteiger partial charge on any atom is -0.454 e. The van der Waals surface area contributed by atoms with E-state index in [0.717, 1.165) is 0 Å². The van der Waals surface area contributed by atoms with Gasteiger partial charge in [-0.15, -0.1) is 0 Å². The van der Waals surface area contributed by atoms with Gasteiger partial charge in [0.2, 0.25) is 0 Å². The normalized spacial score (nSPS) is 11.0. The molecule has 3 aromatic rings. The number of benzene rings is 2. The molecule has 1 heterocycles. The fraction of sp³-hybridized carbons (Fsp3) is 0.238. The zero-order valence-corrected chi connectivity index (χ0v) is 16.2. The van der Waals surface area contributed by atoms with E-state index in [4.69, 9.17) is 4.74 Å². The predicted molar refractivity (Wildman–Crippen MR) is 104 cm³/mol. The van der Waals surface area contributed by atoms with Gasteiger partial charge in [0.1, 0.15) is 11.4 Å². The van der Waals surface area contributed by atoms with Crippen LogP contribution in [0.15, 0.2) is 47.3 Å². The highest BCUT2D eigenvalue weighted by Gasteiger charge is 2.15. The predicted octanol–water partition coefficient (Wildman–Crippen LogP) is 3.37. The maximum absolute atomic E-state index is 12.3. The van der Waals surface area contributed by atoms with Gasteiger partial charge in [0.25, 0.3) is 5.56 Å². The third kappa shape index (κ3) is 4.51. The van der Waals surface area contributed by atoms with E-state index < -0.39 is 25.0 Å². The Hall–Kier alpha value is -3.62. The number of rotatable bonds is 7. The molecule has 0 aliphatic carbocycles. The second-order valence-electron chi connectivity index (χ2n) is 6.35. The molecule has 156 valence electrons. The van der Waals surface area contributed by atoms with Crippen LogP contribution in [0.3, 0.4) is 0 Å². The van der Waals surface area contributed by atoms with Crippen molar-refractivity contribution >= 4 is 22.8 Å². The lowest BCUT2D eigenvalue weighted by Gasteiger charge is -2.10. The maximum Gasteiger partial charge on any atom is 0.387 e. The van der Waals surface area contributed by atoms with Crippen LogP contribution >= 0.6 is 0 Å². The van der Waals surface area contributed by atoms with Gasteiger partial charge in [-0.2, -0.15) is 8.78 Å². The second-order valence-corrected chi connectivity index (χ2v) is 6.35. The van der Waals surface area contributed by atoms with Crippen molar-refractivity contribution in [3.05, 3.63) is 69.6 Å². The van der Waals surface area contributed by atoms with Crippen LogP contribution in [0.2, 0.25) is 0 Å². The van der Waals surface area contributed by atoms with Gasteiger partial charge >= 0.3 is 12.6 Å². The zero-order valence-electron chi connectivity index (χ0n) is 16.2. The lowest BCUT2D eigenvalue weighted by Crippen LogP contribution is -2.23. The summed E-state index contributed by atoms with van der Waals surface area (Å²) in [5, 5.41) is 0. The van der Waals surface area contributed by atoms with Crippen LogP contribution in [0.25, 0.3) is 11.0 Å². The van der Waals surface area contributed by atoms with Gasteiger partial charge in [0.15, 0.2) is 12.4 Å². The van der Waals surface area contributed by atoms with Gasteiger partial charge in [-0.3, -0.25) is 9.59 Å². The molecule has 0 spiro atoms. The van der Waals surface area contributed by atoms with Crippen molar-refractivity contribution < 1.29 is 27.8 Å². The summed E-state index contributed by atoms with van der Waals surface area (Å²) in [7, 11) is 0. The Morgan fingerprint density at radius 3 is 2.40 bits per heavy atom. The SMILES string of the molecule is CCn1c(=O)c(C)nc2cc(C(=O)OCC(=O)c3ccc(OC(F)F)cc3)ccc21. The van der Waals surface area contributed by atoms with Crippen LogP contribution in [-0.4, -0.2) is 34.5 Å². The molecular weight excluding hydrogens is 398 g/mol. The van der Waals surface area contributed by atoms with Crippen LogP contribution in [0.5, 0.6) is 5.75 Å². The van der Waals surface area contributed by atoms with E-state index in [1.54, 1.807) is 17.6 Å². The van der Waals surface area contributed by atoms with E-state index in [1.165, 1.54) is 36.4 Å². The number of hydrogen-bond donors (Lipinski definition) is 0. The Morgan fingerprint density at radius 1 is 1.10 bits per heavy atom. The fourth-order valence-electron chi connectivity index (χ4n) is 2.94. The summed E-state index contributed by atoms with van der Waals surface area (Å²) in [6.45, 7) is 0.403. The Kier molecular flexibility index (Phi) is 6.20. The average molecular weight is 416 g/mol. The number of carbonyl (C=O) groups excluding carboxylic acids is 2. The highest BCUT2D eigenvalue weighted by molar-refractivity contribution is 6.00. The van der Waals surface area contributed by atoms with E-state index in [2.05, 4.69) is 9.72 Å². The van der Waals surface area contributed by atoms with Crippen molar-refractivity contribution in [1.82, 2.24) is 9.55 Å². The number of Topliss-reactive ketones (excluding diaryl/α,β-unsaturated/α-hetero) is 1. The monoisotopic (exact) mass is 416 g/mol. The highest BCUT2D eigenvalue weighted by Crippen LogP contribution is 2.17. The van der Waals surface area contributed by atoms with Gasteiger partial charge < -0.3 is 14.0 Å². The Bertz CT molecular complexity index is 1160. The van der Waals surface area contributed by atoms with Crippen LogP contribution in [-0.2, 0) is 11.3 Å². The molecule has 0 bridgehead atoms. The number of hydrogen-bond acceptors (Lipinski definition) is 6. The molecule has 0 atom stereocenters. The molecule has 0 aliphatic rings. The van der Waals surface area contributed by atoms with Gasteiger partial charge in [0, 0.05) is 12.1 Å². The maximum atomic E-state index is 12.3. The Labute approximate surface area is 169 Å². The van der Waals surface area contributed by atoms with Gasteiger partial charge in [0.05, 0.1) is 16.6 Å². The molecule has 30 heavy (non-hydrogen) atoms. The van der Waals surface area contributed by atoms with Crippen LogP contribution < -0.4 is 10.3 Å². The standard InChI is InChI=1S/C21H18F2N2O5/c1-3-25-17-9-6-14(10-16(17)24-12(2)19(25)27)20(28)29-11-18(26)13-4-7-15(8-5-13)30-21(22)23/h4-10,21H,3,11H2,1-2H3. The van der Waals surface area contributed by atoms with Gasteiger partial charge in [-0.25, -0.2) is 9.78 Å². The molecule has 0 fully saturated rings. The molecule has 0 aliphatic heterocycles. The molecule has 1 aromatic heterocycles. The van der Waals surface area contributed by atoms with E-state index in [-0.39, 0.29) is 22.4 Å². The topological polar surface area (TPSA) is 87.5 Å². The first-order chi connectivity index (χ1) is 14.3. The van der Waals surface area contributed by atoms with Crippen molar-refractivity contribution in [3.8, 4) is 5.75 Å². The number of fused-ring (bicyclic) bond motifs is 1. The fourth-order valence-corrected chi connectivity index (χ4v) is 2.94. The smallest absolute Gasteiger partial charge is 0.387 e. The Morgan fingerprint density at radius 2 is 1.77 bits per heavy atom. The summed E-state index contributed by atoms with van der Waals surface area (Å²) < 4.78 is 35.2. The first-order valence-corrected chi connectivity index (χ1v) is 9.06. The molecule has 0 saturated heterocycles. The summed E-state index contributed by atoms with van der Waals surface area (Å²) in [6.07, 6.45) is 0. The average Bonchev–Trinajstić information content (AvgIpc) is 2.72. The number of halogens is 2. The third-order valence-corrected chi connectivity index (χ3v) is 4.40. The number of carbonyl (C=O) groups is 2. The van der Waals surface area contributed by atoms with Crippen molar-refractivity contribution in [2.24, 2.45) is 0 Å². The first-order valence-electron chi connectivity index (χ1n) is 9.06. The van der Waals surface area contributed by atoms with Crippen molar-refractivity contribution in [3.63, 3.8) is 0 Å². The van der Waals surface area contributed by atoms with Gasteiger partial charge in [-0.1, -0.05) is 0 Å². The van der Waals surface area contributed by atoms with E-state index in [0.29, 0.717) is 23.3 Å². The number of aryl methyl sites for hydroxylation is 2. The minimum absolute atomic E-state index is 0.0805. The molecule has 3 rings (SSSR count). The van der Waals surface area contributed by atoms with Crippen LogP contribution in [0.1, 0.15) is 33.3 Å².